The van der Waals surface area contributed by atoms with Crippen LogP contribution in [0.25, 0.3) is 0 Å². The van der Waals surface area contributed by atoms with Crippen LogP contribution >= 0.6 is 0 Å². The van der Waals surface area contributed by atoms with E-state index in [2.05, 4.69) is 10.3 Å². The Morgan fingerprint density at radius 1 is 1.44 bits per heavy atom. The zero-order valence-corrected chi connectivity index (χ0v) is 9.01. The number of aromatic nitrogens is 1. The van der Waals surface area contributed by atoms with Crippen LogP contribution in [-0.2, 0) is 10.9 Å². The third-order valence-electron chi connectivity index (χ3n) is 1.90. The molecule has 0 saturated carbocycles. The maximum absolute atomic E-state index is 12.2. The van der Waals surface area contributed by atoms with E-state index in [1.807, 2.05) is 6.92 Å². The van der Waals surface area contributed by atoms with E-state index in [-0.39, 0.29) is 6.04 Å². The summed E-state index contributed by atoms with van der Waals surface area (Å²) in [5.41, 5.74) is -0.752. The molecule has 0 fully saturated rings. The topological polar surface area (TPSA) is 34.1 Å². The van der Waals surface area contributed by atoms with Gasteiger partial charge in [-0.15, -0.1) is 0 Å². The molecule has 0 aliphatic rings. The lowest BCUT2D eigenvalue weighted by atomic mass is 10.2. The highest BCUT2D eigenvalue weighted by molar-refractivity contribution is 5.37. The van der Waals surface area contributed by atoms with Gasteiger partial charge >= 0.3 is 6.18 Å². The normalized spacial score (nSPS) is 13.6. The lowest BCUT2D eigenvalue weighted by molar-refractivity contribution is -0.137. The molecule has 1 aromatic heterocycles. The summed E-state index contributed by atoms with van der Waals surface area (Å²) in [6.45, 7) is 2.31. The van der Waals surface area contributed by atoms with Crippen molar-refractivity contribution >= 4 is 5.82 Å². The first kappa shape index (κ1) is 12.8. The fourth-order valence-electron chi connectivity index (χ4n) is 1.19. The van der Waals surface area contributed by atoms with E-state index < -0.39 is 11.7 Å². The van der Waals surface area contributed by atoms with Crippen molar-refractivity contribution in [3.05, 3.63) is 23.9 Å². The van der Waals surface area contributed by atoms with E-state index in [1.165, 1.54) is 6.07 Å². The molecule has 1 rings (SSSR count). The Kier molecular flexibility index (Phi) is 4.12. The summed E-state index contributed by atoms with van der Waals surface area (Å²) in [5, 5.41) is 2.92. The van der Waals surface area contributed by atoms with E-state index in [1.54, 1.807) is 7.11 Å². The fourth-order valence-corrected chi connectivity index (χ4v) is 1.19. The smallest absolute Gasteiger partial charge is 0.383 e. The molecule has 0 aromatic carbocycles. The number of pyridine rings is 1. The number of hydrogen-bond acceptors (Lipinski definition) is 3. The number of nitrogens with zero attached hydrogens (tertiary/aromatic N) is 1. The number of hydrogen-bond donors (Lipinski definition) is 1. The predicted octanol–water partition coefficient (Wildman–Crippen LogP) is 2.55. The molecule has 6 heteroatoms. The van der Waals surface area contributed by atoms with Crippen molar-refractivity contribution in [1.82, 2.24) is 4.98 Å². The summed E-state index contributed by atoms with van der Waals surface area (Å²) in [6.07, 6.45) is -3.54. The van der Waals surface area contributed by atoms with Crippen molar-refractivity contribution in [2.75, 3.05) is 19.0 Å². The first-order chi connectivity index (χ1) is 7.43. The van der Waals surface area contributed by atoms with Gasteiger partial charge in [0.25, 0.3) is 0 Å². The van der Waals surface area contributed by atoms with E-state index in [0.717, 1.165) is 12.3 Å². The summed E-state index contributed by atoms with van der Waals surface area (Å²) in [5.74, 6) is 0.401. The number of anilines is 1. The van der Waals surface area contributed by atoms with E-state index in [4.69, 9.17) is 4.74 Å². The highest BCUT2D eigenvalue weighted by Gasteiger charge is 2.30. The van der Waals surface area contributed by atoms with Crippen LogP contribution in [0.3, 0.4) is 0 Å². The second kappa shape index (κ2) is 5.16. The molecule has 0 aliphatic carbocycles. The third-order valence-corrected chi connectivity index (χ3v) is 1.90. The second-order valence-corrected chi connectivity index (χ2v) is 3.43. The number of ether oxygens (including phenoxy) is 1. The Morgan fingerprint density at radius 3 is 2.56 bits per heavy atom. The van der Waals surface area contributed by atoms with Gasteiger partial charge in [0.1, 0.15) is 5.82 Å². The van der Waals surface area contributed by atoms with Crippen molar-refractivity contribution in [1.29, 1.82) is 0 Å². The zero-order valence-electron chi connectivity index (χ0n) is 9.01. The van der Waals surface area contributed by atoms with Crippen molar-refractivity contribution < 1.29 is 17.9 Å². The van der Waals surface area contributed by atoms with Gasteiger partial charge in [0.05, 0.1) is 12.2 Å². The molecular weight excluding hydrogens is 221 g/mol. The molecule has 0 amide bonds. The number of alkyl halides is 3. The molecule has 0 saturated heterocycles. The van der Waals surface area contributed by atoms with Gasteiger partial charge in [0.2, 0.25) is 0 Å². The molecule has 1 N–H and O–H groups in total. The highest BCUT2D eigenvalue weighted by atomic mass is 19.4. The molecule has 0 radical (unpaired) electrons. The molecule has 3 nitrogen and oxygen atoms in total. The molecule has 1 unspecified atom stereocenters. The Hall–Kier alpha value is -1.30. The monoisotopic (exact) mass is 234 g/mol. The van der Waals surface area contributed by atoms with Crippen molar-refractivity contribution in [3.8, 4) is 0 Å². The second-order valence-electron chi connectivity index (χ2n) is 3.43. The average Bonchev–Trinajstić information content (AvgIpc) is 2.17. The predicted molar refractivity (Wildman–Crippen MR) is 54.2 cm³/mol. The zero-order chi connectivity index (χ0) is 12.2. The Balaban J connectivity index is 2.65. The number of rotatable bonds is 4. The van der Waals surface area contributed by atoms with Crippen LogP contribution in [0.1, 0.15) is 12.5 Å². The van der Waals surface area contributed by atoms with Gasteiger partial charge in [-0.1, -0.05) is 0 Å². The van der Waals surface area contributed by atoms with Crippen LogP contribution in [0.5, 0.6) is 0 Å². The molecule has 1 aromatic rings. The van der Waals surface area contributed by atoms with Gasteiger partial charge in [-0.2, -0.15) is 13.2 Å². The first-order valence-corrected chi connectivity index (χ1v) is 4.72. The quantitative estimate of drug-likeness (QED) is 0.869. The van der Waals surface area contributed by atoms with Crippen molar-refractivity contribution in [2.45, 2.75) is 19.1 Å². The summed E-state index contributed by atoms with van der Waals surface area (Å²) in [4.78, 5) is 3.68. The van der Waals surface area contributed by atoms with Crippen molar-refractivity contribution in [2.24, 2.45) is 0 Å². The van der Waals surface area contributed by atoms with Gasteiger partial charge in [0.15, 0.2) is 0 Å². The molecule has 16 heavy (non-hydrogen) atoms. The van der Waals surface area contributed by atoms with E-state index in [9.17, 15) is 13.2 Å². The third kappa shape index (κ3) is 3.69. The van der Waals surface area contributed by atoms with E-state index >= 15 is 0 Å². The minimum absolute atomic E-state index is 0.00534. The van der Waals surface area contributed by atoms with Crippen LogP contribution < -0.4 is 5.32 Å². The highest BCUT2D eigenvalue weighted by Crippen LogP contribution is 2.28. The van der Waals surface area contributed by atoms with Gasteiger partial charge in [-0.05, 0) is 19.1 Å². The largest absolute Gasteiger partial charge is 0.417 e. The molecule has 1 heterocycles. The lowest BCUT2D eigenvalue weighted by Gasteiger charge is -2.13. The average molecular weight is 234 g/mol. The number of nitrogens with one attached hydrogen (secondary N) is 1. The van der Waals surface area contributed by atoms with Crippen LogP contribution in [0.15, 0.2) is 18.3 Å². The maximum atomic E-state index is 12.2. The maximum Gasteiger partial charge on any atom is 0.417 e. The van der Waals surface area contributed by atoms with Crippen molar-refractivity contribution in [3.63, 3.8) is 0 Å². The van der Waals surface area contributed by atoms with Gasteiger partial charge in [-0.25, -0.2) is 4.98 Å². The summed E-state index contributed by atoms with van der Waals surface area (Å²) in [7, 11) is 1.55. The Bertz CT molecular complexity index is 324. The first-order valence-electron chi connectivity index (χ1n) is 4.72. The molecule has 0 bridgehead atoms. The molecule has 1 atom stereocenters. The van der Waals surface area contributed by atoms with Crippen LogP contribution in [0.2, 0.25) is 0 Å². The molecule has 90 valence electrons. The number of methoxy groups -OCH3 is 1. The molecule has 0 spiro atoms. The SMILES string of the molecule is COCC(C)Nc1ccc(C(F)(F)F)cn1. The van der Waals surface area contributed by atoms with Gasteiger partial charge < -0.3 is 10.1 Å². The minimum Gasteiger partial charge on any atom is -0.383 e. The molecular formula is C10H13F3N2O. The fraction of sp³-hybridized carbons (Fsp3) is 0.500. The summed E-state index contributed by atoms with van der Waals surface area (Å²) in [6, 6.07) is 2.29. The minimum atomic E-state index is -4.34. The lowest BCUT2D eigenvalue weighted by Crippen LogP contribution is -2.21. The molecule has 0 aliphatic heterocycles. The van der Waals surface area contributed by atoms with Crippen LogP contribution in [0.4, 0.5) is 19.0 Å². The standard InChI is InChI=1S/C10H13F3N2O/c1-7(6-16-2)15-9-4-3-8(5-14-9)10(11,12)13/h3-5,7H,6H2,1-2H3,(H,14,15). The van der Waals surface area contributed by atoms with Gasteiger partial charge in [0, 0.05) is 19.3 Å². The summed E-state index contributed by atoms with van der Waals surface area (Å²) < 4.78 is 41.6. The summed E-state index contributed by atoms with van der Waals surface area (Å²) >= 11 is 0. The van der Waals surface area contributed by atoms with Gasteiger partial charge in [-0.3, -0.25) is 0 Å². The van der Waals surface area contributed by atoms with E-state index in [0.29, 0.717) is 12.4 Å². The van der Waals surface area contributed by atoms with Crippen LogP contribution in [0, 0.1) is 0 Å². The number of halogens is 3. The Labute approximate surface area is 91.6 Å². The Morgan fingerprint density at radius 2 is 2.12 bits per heavy atom. The van der Waals surface area contributed by atoms with Crippen LogP contribution in [-0.4, -0.2) is 24.7 Å².